The standard InChI is InChI=1S/C12H17N3O2/c1-14-12(17)10-4-2-9(3-5-10)8-15-11(16)6-7-13/h2-5H,6-8,13H2,1H3,(H,14,17)(H,15,16). The molecule has 0 aliphatic heterocycles. The number of nitrogens with two attached hydrogens (primary N) is 1. The molecule has 5 heteroatoms. The summed E-state index contributed by atoms with van der Waals surface area (Å²) in [6.45, 7) is 0.800. The summed E-state index contributed by atoms with van der Waals surface area (Å²) in [6.07, 6.45) is 0.330. The van der Waals surface area contributed by atoms with Crippen molar-refractivity contribution in [3.8, 4) is 0 Å². The number of carbonyl (C=O) groups excluding carboxylic acids is 2. The Balaban J connectivity index is 2.51. The largest absolute Gasteiger partial charge is 0.355 e. The third kappa shape index (κ3) is 4.24. The molecule has 5 nitrogen and oxygen atoms in total. The highest BCUT2D eigenvalue weighted by molar-refractivity contribution is 5.93. The van der Waals surface area contributed by atoms with Crippen molar-refractivity contribution < 1.29 is 9.59 Å². The normalized spacial score (nSPS) is 9.76. The summed E-state index contributed by atoms with van der Waals surface area (Å²) in [5, 5.41) is 5.29. The minimum atomic E-state index is -0.122. The summed E-state index contributed by atoms with van der Waals surface area (Å²) in [7, 11) is 1.59. The Morgan fingerprint density at radius 3 is 2.41 bits per heavy atom. The zero-order chi connectivity index (χ0) is 12.7. The molecule has 0 aromatic heterocycles. The molecule has 0 unspecified atom stereocenters. The Morgan fingerprint density at radius 1 is 1.24 bits per heavy atom. The van der Waals surface area contributed by atoms with E-state index in [0.717, 1.165) is 5.56 Å². The maximum absolute atomic E-state index is 11.3. The van der Waals surface area contributed by atoms with E-state index < -0.39 is 0 Å². The number of nitrogens with one attached hydrogen (secondary N) is 2. The van der Waals surface area contributed by atoms with Gasteiger partial charge >= 0.3 is 0 Å². The molecule has 0 saturated heterocycles. The molecule has 2 amide bonds. The minimum Gasteiger partial charge on any atom is -0.355 e. The number of benzene rings is 1. The second-order valence-electron chi connectivity index (χ2n) is 3.59. The van der Waals surface area contributed by atoms with E-state index in [4.69, 9.17) is 5.73 Å². The van der Waals surface area contributed by atoms with Crippen LogP contribution in [0.15, 0.2) is 24.3 Å². The van der Waals surface area contributed by atoms with Crippen molar-refractivity contribution in [2.75, 3.05) is 13.6 Å². The van der Waals surface area contributed by atoms with Gasteiger partial charge in [-0.3, -0.25) is 9.59 Å². The van der Waals surface area contributed by atoms with Gasteiger partial charge in [-0.25, -0.2) is 0 Å². The second kappa shape index (κ2) is 6.65. The van der Waals surface area contributed by atoms with Gasteiger partial charge in [0.2, 0.25) is 5.91 Å². The van der Waals surface area contributed by atoms with Crippen molar-refractivity contribution in [3.63, 3.8) is 0 Å². The zero-order valence-electron chi connectivity index (χ0n) is 9.82. The fourth-order valence-corrected chi connectivity index (χ4v) is 1.34. The fraction of sp³-hybridized carbons (Fsp3) is 0.333. The molecule has 0 heterocycles. The summed E-state index contributed by atoms with van der Waals surface area (Å²) >= 11 is 0. The number of carbonyl (C=O) groups is 2. The third-order valence-corrected chi connectivity index (χ3v) is 2.30. The van der Waals surface area contributed by atoms with Crippen LogP contribution in [0.3, 0.4) is 0 Å². The van der Waals surface area contributed by atoms with Crippen LogP contribution < -0.4 is 16.4 Å². The summed E-state index contributed by atoms with van der Waals surface area (Å²) < 4.78 is 0. The van der Waals surface area contributed by atoms with Crippen LogP contribution in [0.2, 0.25) is 0 Å². The van der Waals surface area contributed by atoms with Crippen molar-refractivity contribution >= 4 is 11.8 Å². The lowest BCUT2D eigenvalue weighted by molar-refractivity contribution is -0.121. The van der Waals surface area contributed by atoms with E-state index in [1.165, 1.54) is 0 Å². The Labute approximate surface area is 100 Å². The number of rotatable bonds is 5. The van der Waals surface area contributed by atoms with Crippen molar-refractivity contribution in [2.24, 2.45) is 5.73 Å². The minimum absolute atomic E-state index is 0.0668. The molecule has 0 aliphatic carbocycles. The highest BCUT2D eigenvalue weighted by Crippen LogP contribution is 2.04. The van der Waals surface area contributed by atoms with Crippen molar-refractivity contribution in [1.82, 2.24) is 10.6 Å². The lowest BCUT2D eigenvalue weighted by atomic mass is 10.1. The molecular formula is C12H17N3O2. The average molecular weight is 235 g/mol. The van der Waals surface area contributed by atoms with Crippen LogP contribution in [0.5, 0.6) is 0 Å². The van der Waals surface area contributed by atoms with Gasteiger partial charge in [-0.15, -0.1) is 0 Å². The summed E-state index contributed by atoms with van der Waals surface area (Å²) in [5.41, 5.74) is 6.81. The number of hydrogen-bond donors (Lipinski definition) is 3. The molecule has 17 heavy (non-hydrogen) atoms. The van der Waals surface area contributed by atoms with Crippen LogP contribution in [-0.2, 0) is 11.3 Å². The van der Waals surface area contributed by atoms with Crippen LogP contribution in [-0.4, -0.2) is 25.4 Å². The molecule has 1 aromatic rings. The van der Waals surface area contributed by atoms with Gasteiger partial charge in [0.15, 0.2) is 0 Å². The van der Waals surface area contributed by atoms with Gasteiger partial charge in [0, 0.05) is 32.1 Å². The highest BCUT2D eigenvalue weighted by atomic mass is 16.2. The monoisotopic (exact) mass is 235 g/mol. The van der Waals surface area contributed by atoms with Crippen LogP contribution in [0, 0.1) is 0 Å². The molecule has 0 atom stereocenters. The SMILES string of the molecule is CNC(=O)c1ccc(CNC(=O)CCN)cc1. The maximum atomic E-state index is 11.3. The molecule has 1 aromatic carbocycles. The van der Waals surface area contributed by atoms with Crippen LogP contribution in [0.1, 0.15) is 22.3 Å². The van der Waals surface area contributed by atoms with Gasteiger partial charge in [0.25, 0.3) is 5.91 Å². The smallest absolute Gasteiger partial charge is 0.251 e. The first kappa shape index (κ1) is 13.2. The maximum Gasteiger partial charge on any atom is 0.251 e. The van der Waals surface area contributed by atoms with Crippen LogP contribution in [0.4, 0.5) is 0 Å². The molecular weight excluding hydrogens is 218 g/mol. The van der Waals surface area contributed by atoms with E-state index in [-0.39, 0.29) is 11.8 Å². The molecule has 0 radical (unpaired) electrons. The first-order valence-corrected chi connectivity index (χ1v) is 5.45. The summed E-state index contributed by atoms with van der Waals surface area (Å²) in [4.78, 5) is 22.5. The molecule has 0 saturated carbocycles. The topological polar surface area (TPSA) is 84.2 Å². The van der Waals surface area contributed by atoms with Crippen molar-refractivity contribution in [2.45, 2.75) is 13.0 Å². The molecule has 0 fully saturated rings. The highest BCUT2D eigenvalue weighted by Gasteiger charge is 2.03. The average Bonchev–Trinajstić information content (AvgIpc) is 2.36. The molecule has 1 rings (SSSR count). The third-order valence-electron chi connectivity index (χ3n) is 2.30. The molecule has 92 valence electrons. The fourth-order valence-electron chi connectivity index (χ4n) is 1.34. The first-order valence-electron chi connectivity index (χ1n) is 5.45. The Hall–Kier alpha value is -1.88. The number of hydrogen-bond acceptors (Lipinski definition) is 3. The molecule has 0 aliphatic rings. The molecule has 0 spiro atoms. The van der Waals surface area contributed by atoms with Gasteiger partial charge in [-0.1, -0.05) is 12.1 Å². The van der Waals surface area contributed by atoms with Gasteiger partial charge in [-0.2, -0.15) is 0 Å². The van der Waals surface area contributed by atoms with E-state index in [2.05, 4.69) is 10.6 Å². The number of amides is 2. The second-order valence-corrected chi connectivity index (χ2v) is 3.59. The van der Waals surface area contributed by atoms with Gasteiger partial charge in [0.05, 0.1) is 0 Å². The Kier molecular flexibility index (Phi) is 5.16. The zero-order valence-corrected chi connectivity index (χ0v) is 9.82. The summed E-state index contributed by atoms with van der Waals surface area (Å²) in [6, 6.07) is 7.08. The quantitative estimate of drug-likeness (QED) is 0.672. The lowest BCUT2D eigenvalue weighted by Crippen LogP contribution is -2.25. The molecule has 0 bridgehead atoms. The van der Waals surface area contributed by atoms with Crippen molar-refractivity contribution in [1.29, 1.82) is 0 Å². The van der Waals surface area contributed by atoms with Crippen LogP contribution >= 0.6 is 0 Å². The predicted molar refractivity (Wildman–Crippen MR) is 65.4 cm³/mol. The van der Waals surface area contributed by atoms with E-state index in [1.807, 2.05) is 12.1 Å². The van der Waals surface area contributed by atoms with Gasteiger partial charge in [0.1, 0.15) is 0 Å². The van der Waals surface area contributed by atoms with Gasteiger partial charge < -0.3 is 16.4 Å². The van der Waals surface area contributed by atoms with Crippen molar-refractivity contribution in [3.05, 3.63) is 35.4 Å². The molecule has 4 N–H and O–H groups in total. The van der Waals surface area contributed by atoms with E-state index in [9.17, 15) is 9.59 Å². The van der Waals surface area contributed by atoms with E-state index in [0.29, 0.717) is 25.1 Å². The van der Waals surface area contributed by atoms with Gasteiger partial charge in [-0.05, 0) is 17.7 Å². The van der Waals surface area contributed by atoms with Crippen LogP contribution in [0.25, 0.3) is 0 Å². The Morgan fingerprint density at radius 2 is 1.88 bits per heavy atom. The predicted octanol–water partition coefficient (Wildman–Crippen LogP) is 0.0112. The van der Waals surface area contributed by atoms with E-state index in [1.54, 1.807) is 19.2 Å². The van der Waals surface area contributed by atoms with E-state index >= 15 is 0 Å². The lowest BCUT2D eigenvalue weighted by Gasteiger charge is -2.05. The first-order chi connectivity index (χ1) is 8.17. The Bertz CT molecular complexity index is 387. The summed E-state index contributed by atoms with van der Waals surface area (Å²) in [5.74, 6) is -0.188.